The summed E-state index contributed by atoms with van der Waals surface area (Å²) in [6.45, 7) is 0. The van der Waals surface area contributed by atoms with E-state index in [1.807, 2.05) is 0 Å². The van der Waals surface area contributed by atoms with E-state index in [0.29, 0.717) is 29.8 Å². The molecular formula is C17H26O2. The first kappa shape index (κ1) is 11.6. The average Bonchev–Trinajstić information content (AvgIpc) is 3.33. The fourth-order valence-corrected chi connectivity index (χ4v) is 5.63. The zero-order valence-corrected chi connectivity index (χ0v) is 11.9. The van der Waals surface area contributed by atoms with Crippen molar-refractivity contribution in [1.82, 2.24) is 0 Å². The topological polar surface area (TPSA) is 25.1 Å². The van der Waals surface area contributed by atoms with Crippen molar-refractivity contribution in [2.24, 2.45) is 17.3 Å². The lowest BCUT2D eigenvalue weighted by Crippen LogP contribution is -2.35. The summed E-state index contributed by atoms with van der Waals surface area (Å²) in [7, 11) is 0. The van der Waals surface area contributed by atoms with E-state index >= 15 is 0 Å². The number of hydrogen-bond donors (Lipinski definition) is 0. The average molecular weight is 262 g/mol. The van der Waals surface area contributed by atoms with Gasteiger partial charge in [0.1, 0.15) is 0 Å². The lowest BCUT2D eigenvalue weighted by Gasteiger charge is -2.44. The number of hydrogen-bond acceptors (Lipinski definition) is 2. The molecule has 0 radical (unpaired) electrons. The van der Waals surface area contributed by atoms with Crippen molar-refractivity contribution in [3.8, 4) is 0 Å². The maximum atomic E-state index is 5.75. The minimum Gasteiger partial charge on any atom is -0.370 e. The molecule has 3 saturated carbocycles. The maximum Gasteiger partial charge on any atom is 0.0847 e. The van der Waals surface area contributed by atoms with Crippen LogP contribution in [0.5, 0.6) is 0 Å². The summed E-state index contributed by atoms with van der Waals surface area (Å²) < 4.78 is 11.5. The van der Waals surface area contributed by atoms with Crippen LogP contribution >= 0.6 is 0 Å². The lowest BCUT2D eigenvalue weighted by molar-refractivity contribution is 0.0765. The molecular weight excluding hydrogens is 236 g/mol. The van der Waals surface area contributed by atoms with Crippen LogP contribution in [0.15, 0.2) is 0 Å². The molecule has 19 heavy (non-hydrogen) atoms. The summed E-state index contributed by atoms with van der Waals surface area (Å²) in [5, 5.41) is 0. The Morgan fingerprint density at radius 1 is 0.632 bits per heavy atom. The molecule has 0 aromatic rings. The first-order valence-corrected chi connectivity index (χ1v) is 8.62. The molecule has 5 rings (SSSR count). The third kappa shape index (κ3) is 1.98. The van der Waals surface area contributed by atoms with Gasteiger partial charge in [-0.2, -0.15) is 0 Å². The minimum atomic E-state index is 0.667. The van der Waals surface area contributed by atoms with Crippen LogP contribution < -0.4 is 0 Å². The largest absolute Gasteiger partial charge is 0.370 e. The van der Waals surface area contributed by atoms with Crippen LogP contribution in [0.2, 0.25) is 0 Å². The van der Waals surface area contributed by atoms with E-state index in [2.05, 4.69) is 0 Å². The van der Waals surface area contributed by atoms with Crippen molar-refractivity contribution in [3.63, 3.8) is 0 Å². The fourth-order valence-electron chi connectivity index (χ4n) is 5.63. The van der Waals surface area contributed by atoms with Gasteiger partial charge in [0.2, 0.25) is 0 Å². The van der Waals surface area contributed by atoms with Gasteiger partial charge in [0.15, 0.2) is 0 Å². The van der Waals surface area contributed by atoms with Crippen molar-refractivity contribution in [2.45, 2.75) is 88.6 Å². The predicted molar refractivity (Wildman–Crippen MR) is 72.9 cm³/mol. The molecule has 5 atom stereocenters. The Labute approximate surface area is 116 Å². The van der Waals surface area contributed by atoms with E-state index in [4.69, 9.17) is 9.47 Å². The second-order valence-corrected chi connectivity index (χ2v) is 8.08. The predicted octanol–water partition coefficient (Wildman–Crippen LogP) is 3.68. The van der Waals surface area contributed by atoms with Crippen LogP contribution in [0.4, 0.5) is 0 Å². The summed E-state index contributed by atoms with van der Waals surface area (Å²) in [6.07, 6.45) is 17.1. The molecule has 0 N–H and O–H groups in total. The van der Waals surface area contributed by atoms with Gasteiger partial charge >= 0.3 is 0 Å². The summed E-state index contributed by atoms with van der Waals surface area (Å²) in [4.78, 5) is 0. The molecule has 2 saturated heterocycles. The molecule has 5 fully saturated rings. The van der Waals surface area contributed by atoms with Crippen LogP contribution in [-0.2, 0) is 9.47 Å². The molecule has 0 aromatic carbocycles. The highest BCUT2D eigenvalue weighted by Gasteiger charge is 2.52. The van der Waals surface area contributed by atoms with Gasteiger partial charge in [-0.25, -0.2) is 0 Å². The highest BCUT2D eigenvalue weighted by Crippen LogP contribution is 2.56. The SMILES string of the molecule is C1CC2(CCC1C1CCC3OC3C1)CCC1OC1C2. The lowest BCUT2D eigenvalue weighted by atomic mass is 9.60. The van der Waals surface area contributed by atoms with Gasteiger partial charge in [0.05, 0.1) is 24.4 Å². The summed E-state index contributed by atoms with van der Waals surface area (Å²) in [5.41, 5.74) is 0.696. The van der Waals surface area contributed by atoms with Gasteiger partial charge in [-0.3, -0.25) is 0 Å². The van der Waals surface area contributed by atoms with Crippen molar-refractivity contribution in [1.29, 1.82) is 0 Å². The van der Waals surface area contributed by atoms with E-state index in [1.54, 1.807) is 0 Å². The molecule has 2 aliphatic heterocycles. The van der Waals surface area contributed by atoms with Crippen LogP contribution in [0, 0.1) is 17.3 Å². The molecule has 2 heterocycles. The van der Waals surface area contributed by atoms with Gasteiger partial charge in [-0.1, -0.05) is 0 Å². The summed E-state index contributed by atoms with van der Waals surface area (Å²) >= 11 is 0. The monoisotopic (exact) mass is 262 g/mol. The van der Waals surface area contributed by atoms with Gasteiger partial charge in [-0.15, -0.1) is 0 Å². The van der Waals surface area contributed by atoms with Crippen molar-refractivity contribution >= 4 is 0 Å². The molecule has 0 amide bonds. The van der Waals surface area contributed by atoms with E-state index in [-0.39, 0.29) is 0 Å². The summed E-state index contributed by atoms with van der Waals surface area (Å²) in [5.74, 6) is 2.02. The normalized spacial score (nSPS) is 59.4. The summed E-state index contributed by atoms with van der Waals surface area (Å²) in [6, 6.07) is 0. The Hall–Kier alpha value is -0.0800. The third-order valence-corrected chi connectivity index (χ3v) is 7.08. The number of rotatable bonds is 1. The molecule has 3 aliphatic carbocycles. The number of fused-ring (bicyclic) bond motifs is 2. The van der Waals surface area contributed by atoms with Crippen molar-refractivity contribution < 1.29 is 9.47 Å². The van der Waals surface area contributed by atoms with Crippen LogP contribution in [0.3, 0.4) is 0 Å². The molecule has 0 bridgehead atoms. The van der Waals surface area contributed by atoms with Crippen molar-refractivity contribution in [2.75, 3.05) is 0 Å². The molecule has 106 valence electrons. The number of ether oxygens (including phenoxy) is 2. The zero-order chi connectivity index (χ0) is 12.4. The fraction of sp³-hybridized carbons (Fsp3) is 1.00. The van der Waals surface area contributed by atoms with Crippen LogP contribution in [0.1, 0.15) is 64.2 Å². The van der Waals surface area contributed by atoms with Crippen LogP contribution in [-0.4, -0.2) is 24.4 Å². The van der Waals surface area contributed by atoms with E-state index in [9.17, 15) is 0 Å². The quantitative estimate of drug-likeness (QED) is 0.673. The highest BCUT2D eigenvalue weighted by molar-refractivity contribution is 5.02. The minimum absolute atomic E-state index is 0.667. The van der Waals surface area contributed by atoms with Gasteiger partial charge in [-0.05, 0) is 81.5 Å². The van der Waals surface area contributed by atoms with Gasteiger partial charge < -0.3 is 9.47 Å². The molecule has 2 nitrogen and oxygen atoms in total. The van der Waals surface area contributed by atoms with E-state index in [1.165, 1.54) is 64.2 Å². The molecule has 2 heteroatoms. The second kappa shape index (κ2) is 3.98. The van der Waals surface area contributed by atoms with Gasteiger partial charge in [0.25, 0.3) is 0 Å². The first-order chi connectivity index (χ1) is 9.31. The Balaban J connectivity index is 1.21. The number of epoxide rings is 2. The zero-order valence-electron chi connectivity index (χ0n) is 11.9. The second-order valence-electron chi connectivity index (χ2n) is 8.08. The smallest absolute Gasteiger partial charge is 0.0847 e. The molecule has 5 aliphatic rings. The Bertz CT molecular complexity index is 371. The molecule has 5 unspecified atom stereocenters. The van der Waals surface area contributed by atoms with Crippen LogP contribution in [0.25, 0.3) is 0 Å². The standard InChI is InChI=1S/C17H26O2/c1-2-13-15(18-13)9-12(1)11-3-6-17(7-4-11)8-5-14-16(10-17)19-14/h11-16H,1-10H2. The third-order valence-electron chi connectivity index (χ3n) is 7.08. The van der Waals surface area contributed by atoms with Crippen molar-refractivity contribution in [3.05, 3.63) is 0 Å². The molecule has 1 spiro atoms. The first-order valence-electron chi connectivity index (χ1n) is 8.62. The Morgan fingerprint density at radius 2 is 1.37 bits per heavy atom. The Kier molecular flexibility index (Phi) is 2.42. The van der Waals surface area contributed by atoms with E-state index < -0.39 is 0 Å². The Morgan fingerprint density at radius 3 is 2.16 bits per heavy atom. The highest BCUT2D eigenvalue weighted by atomic mass is 16.6. The molecule has 0 aromatic heterocycles. The van der Waals surface area contributed by atoms with Gasteiger partial charge in [0, 0.05) is 0 Å². The van der Waals surface area contributed by atoms with E-state index in [0.717, 1.165) is 11.8 Å². The maximum absolute atomic E-state index is 5.75.